The molecule has 5 atom stereocenters. The third kappa shape index (κ3) is 3.68. The molecule has 1 heterocycles. The summed E-state index contributed by atoms with van der Waals surface area (Å²) < 4.78 is 0. The smallest absolute Gasteiger partial charge is 0.187 e. The van der Waals surface area contributed by atoms with Crippen molar-refractivity contribution in [2.24, 2.45) is 39.4 Å². The molecular formula is C27H33N5OS2. The molecule has 0 unspecified atom stereocenters. The Hall–Kier alpha value is -2.45. The van der Waals surface area contributed by atoms with Crippen LogP contribution in [0.2, 0.25) is 0 Å². The number of nitrogens with zero attached hydrogens (tertiary/aromatic N) is 2. The number of phenols is 1. The number of nitrogens with two attached hydrogens (primary N) is 1. The lowest BCUT2D eigenvalue weighted by atomic mass is 9.48. The lowest BCUT2D eigenvalue weighted by molar-refractivity contribution is 0.0116. The van der Waals surface area contributed by atoms with E-state index in [4.69, 9.17) is 22.9 Å². The van der Waals surface area contributed by atoms with Gasteiger partial charge in [-0.15, -0.1) is 0 Å². The summed E-state index contributed by atoms with van der Waals surface area (Å²) in [5.41, 5.74) is 13.8. The van der Waals surface area contributed by atoms with E-state index in [0.29, 0.717) is 17.8 Å². The van der Waals surface area contributed by atoms with E-state index >= 15 is 0 Å². The highest BCUT2D eigenvalue weighted by molar-refractivity contribution is 7.80. The third-order valence-electron chi connectivity index (χ3n) is 9.45. The molecule has 4 aliphatic rings. The first-order valence-electron chi connectivity index (χ1n) is 12.7. The average Bonchev–Trinajstić information content (AvgIpc) is 3.39. The van der Waals surface area contributed by atoms with Gasteiger partial charge in [0.05, 0.1) is 10.6 Å². The number of thiazole rings is 1. The number of hydrogen-bond acceptors (Lipinski definition) is 6. The molecule has 4 aliphatic carbocycles. The van der Waals surface area contributed by atoms with Crippen molar-refractivity contribution in [3.8, 4) is 5.75 Å². The van der Waals surface area contributed by atoms with Crippen LogP contribution in [0.4, 0.5) is 10.8 Å². The zero-order valence-electron chi connectivity index (χ0n) is 20.3. The Kier molecular flexibility index (Phi) is 5.45. The summed E-state index contributed by atoms with van der Waals surface area (Å²) in [5, 5.41) is 18.8. The van der Waals surface area contributed by atoms with Crippen LogP contribution in [0.3, 0.4) is 0 Å². The van der Waals surface area contributed by atoms with E-state index in [-0.39, 0.29) is 21.7 Å². The quantitative estimate of drug-likeness (QED) is 0.232. The van der Waals surface area contributed by atoms with Crippen LogP contribution in [0.1, 0.15) is 62.9 Å². The second-order valence-corrected chi connectivity index (χ2v) is 12.6. The van der Waals surface area contributed by atoms with E-state index in [2.05, 4.69) is 35.8 Å². The first-order chi connectivity index (χ1) is 16.8. The van der Waals surface area contributed by atoms with E-state index in [1.165, 1.54) is 47.5 Å². The Morgan fingerprint density at radius 1 is 1.14 bits per heavy atom. The second kappa shape index (κ2) is 8.30. The number of nitrogens with one attached hydrogen (secondary N) is 2. The van der Waals surface area contributed by atoms with Gasteiger partial charge in [0, 0.05) is 16.8 Å². The van der Waals surface area contributed by atoms with Crippen molar-refractivity contribution in [2.75, 3.05) is 5.32 Å². The van der Waals surface area contributed by atoms with Crippen molar-refractivity contribution in [2.45, 2.75) is 58.8 Å². The molecule has 184 valence electrons. The van der Waals surface area contributed by atoms with Crippen LogP contribution in [0, 0.1) is 28.6 Å². The molecule has 0 saturated heterocycles. The van der Waals surface area contributed by atoms with E-state index < -0.39 is 0 Å². The number of allylic oxidation sites excluding steroid dienone is 2. The molecule has 1 aromatic heterocycles. The van der Waals surface area contributed by atoms with Gasteiger partial charge in [-0.05, 0) is 110 Å². The van der Waals surface area contributed by atoms with Crippen molar-refractivity contribution in [1.82, 2.24) is 10.4 Å². The average molecular weight is 508 g/mol. The molecule has 1 aromatic carbocycles. The lowest BCUT2D eigenvalue weighted by Gasteiger charge is -2.56. The summed E-state index contributed by atoms with van der Waals surface area (Å²) >= 11 is 6.77. The van der Waals surface area contributed by atoms with E-state index in [0.717, 1.165) is 30.1 Å². The fourth-order valence-corrected chi connectivity index (χ4v) is 8.95. The van der Waals surface area contributed by atoms with Gasteiger partial charge in [0.2, 0.25) is 0 Å². The van der Waals surface area contributed by atoms with Gasteiger partial charge in [-0.25, -0.2) is 4.98 Å². The van der Waals surface area contributed by atoms with Crippen LogP contribution in [0.25, 0.3) is 5.57 Å². The number of anilines is 2. The van der Waals surface area contributed by atoms with Crippen molar-refractivity contribution >= 4 is 50.8 Å². The summed E-state index contributed by atoms with van der Waals surface area (Å²) in [5.74, 6) is 2.34. The highest BCUT2D eigenvalue weighted by Crippen LogP contribution is 2.65. The monoisotopic (exact) mass is 507 g/mol. The van der Waals surface area contributed by atoms with Gasteiger partial charge in [0.1, 0.15) is 5.75 Å². The van der Waals surface area contributed by atoms with Crippen LogP contribution in [0.5, 0.6) is 5.75 Å². The van der Waals surface area contributed by atoms with Gasteiger partial charge in [0.15, 0.2) is 10.2 Å². The minimum absolute atomic E-state index is 0.145. The van der Waals surface area contributed by atoms with E-state index in [1.807, 2.05) is 12.1 Å². The predicted octanol–water partition coefficient (Wildman–Crippen LogP) is 5.96. The fourth-order valence-electron chi connectivity index (χ4n) is 7.69. The van der Waals surface area contributed by atoms with Crippen LogP contribution >= 0.6 is 23.6 Å². The predicted molar refractivity (Wildman–Crippen MR) is 147 cm³/mol. The van der Waals surface area contributed by atoms with E-state index in [1.54, 1.807) is 23.5 Å². The highest BCUT2D eigenvalue weighted by Gasteiger charge is 2.58. The highest BCUT2D eigenvalue weighted by atomic mass is 32.1. The zero-order valence-corrected chi connectivity index (χ0v) is 21.9. The summed E-state index contributed by atoms with van der Waals surface area (Å²) in [6.07, 6.45) is 10.6. The molecule has 2 saturated carbocycles. The number of benzene rings is 1. The fraction of sp³-hybridized carbons (Fsp3) is 0.519. The summed E-state index contributed by atoms with van der Waals surface area (Å²) in [6, 6.07) is 7.18. The summed E-state index contributed by atoms with van der Waals surface area (Å²) in [4.78, 5) is 6.34. The number of rotatable bonds is 3. The Labute approximate surface area is 216 Å². The molecule has 0 radical (unpaired) electrons. The van der Waals surface area contributed by atoms with Gasteiger partial charge in [-0.2, -0.15) is 5.10 Å². The minimum Gasteiger partial charge on any atom is -0.508 e. The van der Waals surface area contributed by atoms with Crippen molar-refractivity contribution in [3.63, 3.8) is 0 Å². The third-order valence-corrected chi connectivity index (χ3v) is 10.6. The number of hydrazone groups is 1. The number of thiocarbonyl (C=S) groups is 1. The molecule has 6 rings (SSSR count). The van der Waals surface area contributed by atoms with Gasteiger partial charge in [-0.1, -0.05) is 31.3 Å². The largest absolute Gasteiger partial charge is 0.508 e. The van der Waals surface area contributed by atoms with Crippen molar-refractivity contribution in [1.29, 1.82) is 0 Å². The zero-order chi connectivity index (χ0) is 24.4. The number of aryl methyl sites for hydroxylation is 1. The van der Waals surface area contributed by atoms with Crippen molar-refractivity contribution in [3.05, 3.63) is 40.9 Å². The molecule has 5 N–H and O–H groups in total. The Morgan fingerprint density at radius 3 is 2.69 bits per heavy atom. The molecule has 6 nitrogen and oxygen atoms in total. The van der Waals surface area contributed by atoms with Crippen LogP contribution in [-0.4, -0.2) is 20.9 Å². The number of fused-ring (bicyclic) bond motifs is 7. The van der Waals surface area contributed by atoms with Crippen molar-refractivity contribution < 1.29 is 5.11 Å². The Morgan fingerprint density at radius 2 is 1.91 bits per heavy atom. The molecular weight excluding hydrogens is 474 g/mol. The number of aromatic nitrogens is 1. The maximum absolute atomic E-state index is 9.58. The first kappa shape index (κ1) is 23.0. The number of aromatic hydroxyl groups is 1. The second-order valence-electron chi connectivity index (χ2n) is 11.1. The number of phenolic OH excluding ortho intramolecular Hbond substituents is 1. The topological polar surface area (TPSA) is 95.6 Å². The van der Waals surface area contributed by atoms with Gasteiger partial charge < -0.3 is 16.2 Å². The summed E-state index contributed by atoms with van der Waals surface area (Å²) in [7, 11) is 0. The molecule has 35 heavy (non-hydrogen) atoms. The maximum Gasteiger partial charge on any atom is 0.187 e. The standard InChI is InChI=1S/C27H33N5OS2/c1-26-14-12-21-23(35-25(30-21)29-15-3-5-16(33)6-4-15)20(26)8-7-17-18-9-10-22(31-32-24(28)34)27(18,2)13-11-19(17)26/h3-6,8,17-19,33H,7,9-14H2,1-2H3,(H,29,30)(H3,28,32,34)/b31-22+/t17-,18-,19-,26+,27-/m0/s1. The first-order valence-corrected chi connectivity index (χ1v) is 13.9. The molecule has 0 aliphatic heterocycles. The minimum atomic E-state index is 0.145. The lowest BCUT2D eigenvalue weighted by Crippen LogP contribution is -2.49. The van der Waals surface area contributed by atoms with Gasteiger partial charge in [0.25, 0.3) is 0 Å². The molecule has 0 amide bonds. The molecule has 2 fully saturated rings. The molecule has 0 bridgehead atoms. The number of hydrogen-bond donors (Lipinski definition) is 4. The van der Waals surface area contributed by atoms with E-state index in [9.17, 15) is 5.11 Å². The van der Waals surface area contributed by atoms with Crippen LogP contribution in [0.15, 0.2) is 35.4 Å². The van der Waals surface area contributed by atoms with Crippen LogP contribution in [-0.2, 0) is 6.42 Å². The van der Waals surface area contributed by atoms with Crippen LogP contribution < -0.4 is 16.5 Å². The van der Waals surface area contributed by atoms with Gasteiger partial charge in [-0.3, -0.25) is 5.43 Å². The Balaban J connectivity index is 1.28. The Bertz CT molecular complexity index is 1230. The maximum atomic E-state index is 9.58. The molecule has 0 spiro atoms. The summed E-state index contributed by atoms with van der Waals surface area (Å²) in [6.45, 7) is 4.94. The SMILES string of the molecule is C[C@]12CCc3nc(Nc4ccc(O)cc4)sc3C1=CC[C@@H]1[C@@H]2CC[C@]2(C)/C(=N/NC(N)=S)CC[C@@H]12. The molecule has 2 aromatic rings. The molecule has 8 heteroatoms. The normalized spacial score (nSPS) is 34.3. The van der Waals surface area contributed by atoms with Gasteiger partial charge >= 0.3 is 0 Å².